The van der Waals surface area contributed by atoms with Crippen molar-refractivity contribution in [1.29, 1.82) is 0 Å². The van der Waals surface area contributed by atoms with Gasteiger partial charge < -0.3 is 26.6 Å². The van der Waals surface area contributed by atoms with Gasteiger partial charge in [0.2, 0.25) is 5.91 Å². The fourth-order valence-electron chi connectivity index (χ4n) is 3.72. The molecule has 3 aromatic rings. The van der Waals surface area contributed by atoms with E-state index in [1.165, 1.54) is 12.3 Å². The highest BCUT2D eigenvalue weighted by atomic mass is 35.5. The third kappa shape index (κ3) is 6.19. The fraction of sp³-hybridized carbons (Fsp3) is 0.280. The van der Waals surface area contributed by atoms with Crippen LogP contribution in [-0.4, -0.2) is 59.9 Å². The molecule has 0 spiro atoms. The molecule has 0 fully saturated rings. The number of nitrogens with one attached hydrogen (secondary N) is 5. The zero-order valence-corrected chi connectivity index (χ0v) is 22.2. The Kier molecular flexibility index (Phi) is 8.74. The SMILES string of the molecule is CNC(=O)c1c(C)nc(C)c(-c2cc(NC(=O)c3ccc(Cl)cn3)nc(NC(=O)C(C)NC)c2)c1NC. The highest BCUT2D eigenvalue weighted by Crippen LogP contribution is 2.36. The molecule has 1 atom stereocenters. The summed E-state index contributed by atoms with van der Waals surface area (Å²) in [6.07, 6.45) is 1.37. The highest BCUT2D eigenvalue weighted by Gasteiger charge is 2.23. The molecule has 0 bridgehead atoms. The topological polar surface area (TPSA) is 150 Å². The zero-order chi connectivity index (χ0) is 27.3. The quantitative estimate of drug-likeness (QED) is 0.302. The van der Waals surface area contributed by atoms with Crippen LogP contribution < -0.4 is 26.6 Å². The first-order valence-electron chi connectivity index (χ1n) is 11.4. The molecule has 0 saturated heterocycles. The van der Waals surface area contributed by atoms with E-state index < -0.39 is 11.9 Å². The average molecular weight is 525 g/mol. The average Bonchev–Trinajstić information content (AvgIpc) is 2.87. The number of halogens is 1. The second kappa shape index (κ2) is 11.8. The minimum Gasteiger partial charge on any atom is -0.387 e. The first-order chi connectivity index (χ1) is 17.6. The van der Waals surface area contributed by atoms with Gasteiger partial charge in [-0.2, -0.15) is 0 Å². The number of nitrogens with zero attached hydrogens (tertiary/aromatic N) is 3. The number of pyridine rings is 3. The standard InChI is InChI=1S/C25H29ClN8O3/c1-12-20(22(28-5)21(13(2)31-12)25(37)29-6)15-9-18(33-23(35)14(3)27-4)32-19(10-15)34-24(36)17-8-7-16(26)11-30-17/h7-11,14,27H,1-6H3,(H,28,31)(H,29,37)(H2,32,33,34,35,36). The number of aryl methyl sites for hydroxylation is 2. The molecular weight excluding hydrogens is 496 g/mol. The van der Waals surface area contributed by atoms with Gasteiger partial charge in [0.15, 0.2) is 0 Å². The van der Waals surface area contributed by atoms with Crippen LogP contribution in [0.5, 0.6) is 0 Å². The van der Waals surface area contributed by atoms with Crippen molar-refractivity contribution in [2.45, 2.75) is 26.8 Å². The van der Waals surface area contributed by atoms with Gasteiger partial charge in [0.05, 0.1) is 28.0 Å². The maximum Gasteiger partial charge on any atom is 0.275 e. The first kappa shape index (κ1) is 27.5. The van der Waals surface area contributed by atoms with Gasteiger partial charge in [-0.15, -0.1) is 0 Å². The third-order valence-electron chi connectivity index (χ3n) is 5.66. The number of amides is 3. The molecule has 3 aromatic heterocycles. The lowest BCUT2D eigenvalue weighted by Crippen LogP contribution is -2.35. The van der Waals surface area contributed by atoms with Gasteiger partial charge in [-0.3, -0.25) is 19.4 Å². The van der Waals surface area contributed by atoms with Crippen LogP contribution in [0.25, 0.3) is 11.1 Å². The van der Waals surface area contributed by atoms with Gasteiger partial charge in [-0.05, 0) is 57.6 Å². The number of rotatable bonds is 8. The van der Waals surface area contributed by atoms with Crippen molar-refractivity contribution in [3.63, 3.8) is 0 Å². The number of hydrogen-bond acceptors (Lipinski definition) is 8. The Hall–Kier alpha value is -4.09. The third-order valence-corrected chi connectivity index (χ3v) is 5.88. The summed E-state index contributed by atoms with van der Waals surface area (Å²) >= 11 is 5.88. The summed E-state index contributed by atoms with van der Waals surface area (Å²) in [5.41, 5.74) is 3.45. The summed E-state index contributed by atoms with van der Waals surface area (Å²) in [4.78, 5) is 51.1. The summed E-state index contributed by atoms with van der Waals surface area (Å²) in [5.74, 6) is -0.769. The first-order valence-corrected chi connectivity index (χ1v) is 11.8. The fourth-order valence-corrected chi connectivity index (χ4v) is 3.83. The number of carbonyl (C=O) groups excluding carboxylic acids is 3. The molecule has 0 radical (unpaired) electrons. The molecule has 11 nitrogen and oxygen atoms in total. The predicted molar refractivity (Wildman–Crippen MR) is 144 cm³/mol. The van der Waals surface area contributed by atoms with Crippen LogP contribution in [-0.2, 0) is 4.79 Å². The van der Waals surface area contributed by atoms with Gasteiger partial charge in [0.1, 0.15) is 17.3 Å². The maximum absolute atomic E-state index is 12.8. The second-order valence-corrected chi connectivity index (χ2v) is 8.61. The number of hydrogen-bond donors (Lipinski definition) is 5. The lowest BCUT2D eigenvalue weighted by molar-refractivity contribution is -0.117. The Bertz CT molecular complexity index is 1340. The van der Waals surface area contributed by atoms with Crippen molar-refractivity contribution < 1.29 is 14.4 Å². The summed E-state index contributed by atoms with van der Waals surface area (Å²) in [6.45, 7) is 5.27. The van der Waals surface area contributed by atoms with Gasteiger partial charge in [0, 0.05) is 31.5 Å². The molecule has 1 unspecified atom stereocenters. The Morgan fingerprint density at radius 2 is 1.59 bits per heavy atom. The number of likely N-dealkylation sites (N-methyl/N-ethyl adjacent to an activating group) is 1. The maximum atomic E-state index is 12.8. The molecule has 5 N–H and O–H groups in total. The van der Waals surface area contributed by atoms with Crippen LogP contribution in [0.4, 0.5) is 17.3 Å². The van der Waals surface area contributed by atoms with Crippen LogP contribution in [0, 0.1) is 13.8 Å². The number of carbonyl (C=O) groups is 3. The van der Waals surface area contributed by atoms with E-state index in [-0.39, 0.29) is 29.1 Å². The van der Waals surface area contributed by atoms with Crippen LogP contribution in [0.15, 0.2) is 30.5 Å². The summed E-state index contributed by atoms with van der Waals surface area (Å²) in [5, 5.41) is 14.5. The molecular formula is C25H29ClN8O3. The van der Waals surface area contributed by atoms with Crippen molar-refractivity contribution in [1.82, 2.24) is 25.6 Å². The van der Waals surface area contributed by atoms with Crippen molar-refractivity contribution in [3.8, 4) is 11.1 Å². The van der Waals surface area contributed by atoms with Crippen LogP contribution in [0.3, 0.4) is 0 Å². The van der Waals surface area contributed by atoms with Crippen molar-refractivity contribution in [3.05, 3.63) is 58.1 Å². The normalized spacial score (nSPS) is 11.4. The summed E-state index contributed by atoms with van der Waals surface area (Å²) < 4.78 is 0. The molecule has 12 heteroatoms. The smallest absolute Gasteiger partial charge is 0.275 e. The van der Waals surface area contributed by atoms with Crippen LogP contribution in [0.1, 0.15) is 39.2 Å². The largest absolute Gasteiger partial charge is 0.387 e. The predicted octanol–water partition coefficient (Wildman–Crippen LogP) is 3.01. The van der Waals surface area contributed by atoms with Crippen LogP contribution in [0.2, 0.25) is 5.02 Å². The Morgan fingerprint density at radius 3 is 2.16 bits per heavy atom. The van der Waals surface area contributed by atoms with Gasteiger partial charge in [-0.25, -0.2) is 9.97 Å². The van der Waals surface area contributed by atoms with E-state index in [0.29, 0.717) is 38.8 Å². The van der Waals surface area contributed by atoms with E-state index in [1.807, 2.05) is 6.92 Å². The molecule has 3 heterocycles. The Labute approximate surface area is 219 Å². The van der Waals surface area contributed by atoms with Crippen molar-refractivity contribution in [2.75, 3.05) is 37.1 Å². The molecule has 0 saturated carbocycles. The van der Waals surface area contributed by atoms with Crippen molar-refractivity contribution >= 4 is 46.6 Å². The second-order valence-electron chi connectivity index (χ2n) is 8.18. The monoisotopic (exact) mass is 524 g/mol. The Balaban J connectivity index is 2.17. The molecule has 0 aliphatic rings. The minimum absolute atomic E-state index is 0.136. The molecule has 0 aliphatic heterocycles. The minimum atomic E-state index is -0.513. The molecule has 0 aromatic carbocycles. The number of aromatic nitrogens is 3. The molecule has 3 rings (SSSR count). The van der Waals surface area contributed by atoms with E-state index in [1.54, 1.807) is 53.2 Å². The highest BCUT2D eigenvalue weighted by molar-refractivity contribution is 6.30. The number of anilines is 3. The van der Waals surface area contributed by atoms with Gasteiger partial charge in [-0.1, -0.05) is 11.6 Å². The summed E-state index contributed by atoms with van der Waals surface area (Å²) in [6, 6.07) is 5.85. The van der Waals surface area contributed by atoms with E-state index in [9.17, 15) is 14.4 Å². The summed E-state index contributed by atoms with van der Waals surface area (Å²) in [7, 11) is 4.92. The van der Waals surface area contributed by atoms with E-state index >= 15 is 0 Å². The zero-order valence-electron chi connectivity index (χ0n) is 21.4. The molecule has 0 aliphatic carbocycles. The Morgan fingerprint density at radius 1 is 0.919 bits per heavy atom. The molecule has 37 heavy (non-hydrogen) atoms. The van der Waals surface area contributed by atoms with Gasteiger partial charge in [0.25, 0.3) is 11.8 Å². The van der Waals surface area contributed by atoms with E-state index in [2.05, 4.69) is 41.5 Å². The molecule has 3 amide bonds. The van der Waals surface area contributed by atoms with E-state index in [0.717, 1.165) is 0 Å². The lowest BCUT2D eigenvalue weighted by Gasteiger charge is -2.19. The van der Waals surface area contributed by atoms with E-state index in [4.69, 9.17) is 11.6 Å². The van der Waals surface area contributed by atoms with Crippen LogP contribution >= 0.6 is 11.6 Å². The van der Waals surface area contributed by atoms with Gasteiger partial charge >= 0.3 is 0 Å². The lowest BCUT2D eigenvalue weighted by atomic mass is 9.97. The van der Waals surface area contributed by atoms with Crippen molar-refractivity contribution in [2.24, 2.45) is 0 Å². The molecule has 194 valence electrons.